The van der Waals surface area contributed by atoms with Gasteiger partial charge in [-0.2, -0.15) is 4.98 Å². The highest BCUT2D eigenvalue weighted by Crippen LogP contribution is 2.22. The zero-order valence-corrected chi connectivity index (χ0v) is 13.3. The third-order valence-corrected chi connectivity index (χ3v) is 3.91. The number of hydrogen-bond donors (Lipinski definition) is 0. The second-order valence-electron chi connectivity index (χ2n) is 5.31. The van der Waals surface area contributed by atoms with Gasteiger partial charge in [0, 0.05) is 12.1 Å². The summed E-state index contributed by atoms with van der Waals surface area (Å²) in [6, 6.07) is 9.99. The first-order valence-corrected chi connectivity index (χ1v) is 8.10. The molecule has 0 saturated carbocycles. The number of nitrogens with zero attached hydrogens (tertiary/aromatic N) is 5. The van der Waals surface area contributed by atoms with Crippen molar-refractivity contribution in [3.8, 4) is 5.69 Å². The summed E-state index contributed by atoms with van der Waals surface area (Å²) in [6.45, 7) is 4.25. The minimum absolute atomic E-state index is 0.502. The second-order valence-corrected chi connectivity index (χ2v) is 6.25. The Morgan fingerprint density at radius 3 is 2.82 bits per heavy atom. The fourth-order valence-corrected chi connectivity index (χ4v) is 2.77. The van der Waals surface area contributed by atoms with Gasteiger partial charge >= 0.3 is 0 Å². The van der Waals surface area contributed by atoms with Crippen LogP contribution in [-0.2, 0) is 12.2 Å². The summed E-state index contributed by atoms with van der Waals surface area (Å²) < 4.78 is 7.19. The number of hydrogen-bond acceptors (Lipinski definition) is 6. The van der Waals surface area contributed by atoms with E-state index in [1.165, 1.54) is 11.8 Å². The minimum Gasteiger partial charge on any atom is -0.339 e. The molecule has 0 amide bonds. The number of rotatable bonds is 6. The van der Waals surface area contributed by atoms with Gasteiger partial charge in [0.2, 0.25) is 5.89 Å². The van der Waals surface area contributed by atoms with Gasteiger partial charge in [-0.15, -0.1) is 10.2 Å². The molecule has 2 heterocycles. The van der Waals surface area contributed by atoms with E-state index in [0.717, 1.165) is 17.3 Å². The monoisotopic (exact) mass is 315 g/mol. The van der Waals surface area contributed by atoms with E-state index in [9.17, 15) is 0 Å². The first-order chi connectivity index (χ1) is 10.7. The van der Waals surface area contributed by atoms with Crippen molar-refractivity contribution >= 4 is 11.8 Å². The molecular weight excluding hydrogens is 298 g/mol. The van der Waals surface area contributed by atoms with Crippen molar-refractivity contribution in [3.05, 3.63) is 48.4 Å². The molecule has 0 unspecified atom stereocenters. The highest BCUT2D eigenvalue weighted by Gasteiger charge is 2.11. The van der Waals surface area contributed by atoms with Crippen LogP contribution in [0.1, 0.15) is 25.6 Å². The zero-order valence-electron chi connectivity index (χ0n) is 12.5. The SMILES string of the molecule is CC(C)Cc1nc(CSc2nncn2-c2ccccc2)no1. The number of thioether (sulfide) groups is 1. The third kappa shape index (κ3) is 3.54. The minimum atomic E-state index is 0.502. The molecule has 0 radical (unpaired) electrons. The molecule has 22 heavy (non-hydrogen) atoms. The summed E-state index contributed by atoms with van der Waals surface area (Å²) in [5.41, 5.74) is 1.03. The first-order valence-electron chi connectivity index (χ1n) is 7.12. The Kier molecular flexibility index (Phi) is 4.53. The van der Waals surface area contributed by atoms with Crippen molar-refractivity contribution in [1.82, 2.24) is 24.9 Å². The first kappa shape index (κ1) is 14.8. The van der Waals surface area contributed by atoms with Gasteiger partial charge in [-0.3, -0.25) is 4.57 Å². The molecule has 6 nitrogen and oxygen atoms in total. The molecule has 0 aliphatic heterocycles. The summed E-state index contributed by atoms with van der Waals surface area (Å²) >= 11 is 1.54. The van der Waals surface area contributed by atoms with Crippen molar-refractivity contribution in [1.29, 1.82) is 0 Å². The Morgan fingerprint density at radius 1 is 1.23 bits per heavy atom. The second kappa shape index (κ2) is 6.74. The Labute approximate surface area is 133 Å². The van der Waals surface area contributed by atoms with Crippen LogP contribution < -0.4 is 0 Å². The largest absolute Gasteiger partial charge is 0.339 e. The topological polar surface area (TPSA) is 69.6 Å². The molecule has 0 saturated heterocycles. The number of para-hydroxylation sites is 1. The summed E-state index contributed by atoms with van der Waals surface area (Å²) in [6.07, 6.45) is 2.51. The van der Waals surface area contributed by atoms with E-state index in [2.05, 4.69) is 34.2 Å². The maximum Gasteiger partial charge on any atom is 0.226 e. The molecule has 0 bridgehead atoms. The van der Waals surface area contributed by atoms with Crippen LogP contribution >= 0.6 is 11.8 Å². The molecule has 1 aromatic carbocycles. The Hall–Kier alpha value is -2.15. The summed E-state index contributed by atoms with van der Waals surface area (Å²) in [4.78, 5) is 4.40. The van der Waals surface area contributed by atoms with Crippen LogP contribution in [0.5, 0.6) is 0 Å². The van der Waals surface area contributed by atoms with Crippen molar-refractivity contribution in [3.63, 3.8) is 0 Å². The van der Waals surface area contributed by atoms with Crippen LogP contribution in [0.3, 0.4) is 0 Å². The molecule has 3 rings (SSSR count). The van der Waals surface area contributed by atoms with Gasteiger partial charge in [0.05, 0.1) is 5.75 Å². The van der Waals surface area contributed by atoms with Crippen molar-refractivity contribution in [2.45, 2.75) is 31.2 Å². The molecule has 114 valence electrons. The normalized spacial score (nSPS) is 11.2. The van der Waals surface area contributed by atoms with E-state index in [1.54, 1.807) is 6.33 Å². The third-order valence-electron chi connectivity index (χ3n) is 2.97. The lowest BCUT2D eigenvalue weighted by molar-refractivity contribution is 0.360. The van der Waals surface area contributed by atoms with Gasteiger partial charge in [0.15, 0.2) is 11.0 Å². The van der Waals surface area contributed by atoms with Crippen LogP contribution in [0, 0.1) is 5.92 Å². The summed E-state index contributed by atoms with van der Waals surface area (Å²) in [5.74, 6) is 2.48. The van der Waals surface area contributed by atoms with Crippen LogP contribution in [0.4, 0.5) is 0 Å². The lowest BCUT2D eigenvalue weighted by Crippen LogP contribution is -1.96. The Bertz CT molecular complexity index is 722. The fraction of sp³-hybridized carbons (Fsp3) is 0.333. The van der Waals surface area contributed by atoms with Crippen LogP contribution in [0.15, 0.2) is 46.3 Å². The van der Waals surface area contributed by atoms with E-state index in [4.69, 9.17) is 4.52 Å². The molecular formula is C15H17N5OS. The van der Waals surface area contributed by atoms with Crippen molar-refractivity contribution < 1.29 is 4.52 Å². The standard InChI is InChI=1S/C15H17N5OS/c1-11(2)8-14-17-13(19-21-14)9-22-15-18-16-10-20(15)12-6-4-3-5-7-12/h3-7,10-11H,8-9H2,1-2H3. The zero-order chi connectivity index (χ0) is 15.4. The van der Waals surface area contributed by atoms with Gasteiger partial charge in [0.1, 0.15) is 6.33 Å². The van der Waals surface area contributed by atoms with Gasteiger partial charge in [-0.1, -0.05) is 49.0 Å². The van der Waals surface area contributed by atoms with Gasteiger partial charge < -0.3 is 4.52 Å². The highest BCUT2D eigenvalue weighted by molar-refractivity contribution is 7.98. The lowest BCUT2D eigenvalue weighted by atomic mass is 10.1. The Balaban J connectivity index is 1.68. The molecule has 7 heteroatoms. The molecule has 0 N–H and O–H groups in total. The predicted molar refractivity (Wildman–Crippen MR) is 83.8 cm³/mol. The molecule has 0 fully saturated rings. The maximum atomic E-state index is 5.24. The molecule has 0 spiro atoms. The number of benzene rings is 1. The number of aromatic nitrogens is 5. The highest BCUT2D eigenvalue weighted by atomic mass is 32.2. The summed E-state index contributed by atoms with van der Waals surface area (Å²) in [7, 11) is 0. The van der Waals surface area contributed by atoms with Crippen LogP contribution in [-0.4, -0.2) is 24.9 Å². The average Bonchev–Trinajstić information content (AvgIpc) is 3.14. The Morgan fingerprint density at radius 2 is 2.05 bits per heavy atom. The molecule has 0 aliphatic carbocycles. The maximum absolute atomic E-state index is 5.24. The molecule has 2 aromatic heterocycles. The predicted octanol–water partition coefficient (Wildman–Crippen LogP) is 3.14. The smallest absolute Gasteiger partial charge is 0.226 e. The van der Waals surface area contributed by atoms with E-state index in [-0.39, 0.29) is 0 Å². The molecule has 0 aliphatic rings. The van der Waals surface area contributed by atoms with Gasteiger partial charge in [-0.25, -0.2) is 0 Å². The molecule has 3 aromatic rings. The van der Waals surface area contributed by atoms with Crippen LogP contribution in [0.2, 0.25) is 0 Å². The molecule has 0 atom stereocenters. The van der Waals surface area contributed by atoms with E-state index in [1.807, 2.05) is 34.9 Å². The van der Waals surface area contributed by atoms with E-state index < -0.39 is 0 Å². The van der Waals surface area contributed by atoms with E-state index >= 15 is 0 Å². The summed E-state index contributed by atoms with van der Waals surface area (Å²) in [5, 5.41) is 12.9. The van der Waals surface area contributed by atoms with Gasteiger partial charge in [0.25, 0.3) is 0 Å². The quantitative estimate of drug-likeness (QED) is 0.651. The van der Waals surface area contributed by atoms with E-state index in [0.29, 0.717) is 23.4 Å². The lowest BCUT2D eigenvalue weighted by Gasteiger charge is -2.04. The van der Waals surface area contributed by atoms with Crippen molar-refractivity contribution in [2.75, 3.05) is 0 Å². The van der Waals surface area contributed by atoms with Crippen molar-refractivity contribution in [2.24, 2.45) is 5.92 Å². The van der Waals surface area contributed by atoms with Crippen LogP contribution in [0.25, 0.3) is 5.69 Å². The van der Waals surface area contributed by atoms with Gasteiger partial charge in [-0.05, 0) is 18.1 Å². The average molecular weight is 315 g/mol. The fourth-order valence-electron chi connectivity index (χ4n) is 2.00.